The molecule has 9 heteroatoms. The average Bonchev–Trinajstić information content (AvgIpc) is 3.28. The minimum Gasteiger partial charge on any atom is -0.439 e. The molecule has 0 saturated carbocycles. The van der Waals surface area contributed by atoms with Gasteiger partial charge in [0.1, 0.15) is 0 Å². The van der Waals surface area contributed by atoms with Crippen LogP contribution in [0.15, 0.2) is 24.3 Å². The molecule has 0 radical (unpaired) electrons. The third kappa shape index (κ3) is 2.71. The SMILES string of the molecule is CN1C[C@]2(CCN(C(=O)c3ccc(-c4nnn(C)n4)cc3)C2)OC1=O. The second kappa shape index (κ2) is 5.54. The molecule has 1 aromatic carbocycles. The van der Waals surface area contributed by atoms with E-state index in [-0.39, 0.29) is 12.0 Å². The van der Waals surface area contributed by atoms with Gasteiger partial charge in [-0.1, -0.05) is 12.1 Å². The molecule has 0 N–H and O–H groups in total. The Morgan fingerprint density at radius 1 is 1.20 bits per heavy atom. The van der Waals surface area contributed by atoms with Gasteiger partial charge >= 0.3 is 6.09 Å². The van der Waals surface area contributed by atoms with Gasteiger partial charge in [-0.25, -0.2) is 4.79 Å². The Kier molecular flexibility index (Phi) is 3.45. The van der Waals surface area contributed by atoms with Crippen LogP contribution < -0.4 is 0 Å². The molecule has 2 aromatic rings. The number of likely N-dealkylation sites (tertiary alicyclic amines) is 1. The Hall–Kier alpha value is -2.97. The average molecular weight is 342 g/mol. The van der Waals surface area contributed by atoms with Crippen molar-refractivity contribution in [2.45, 2.75) is 12.0 Å². The number of ether oxygens (including phenoxy) is 1. The monoisotopic (exact) mass is 342 g/mol. The van der Waals surface area contributed by atoms with Gasteiger partial charge in [-0.3, -0.25) is 4.79 Å². The molecular formula is C16H18N6O3. The maximum absolute atomic E-state index is 12.7. The quantitative estimate of drug-likeness (QED) is 0.791. The summed E-state index contributed by atoms with van der Waals surface area (Å²) in [4.78, 5) is 29.0. The minimum atomic E-state index is -0.565. The van der Waals surface area contributed by atoms with Crippen molar-refractivity contribution in [3.8, 4) is 11.4 Å². The number of hydrogen-bond donors (Lipinski definition) is 0. The highest BCUT2D eigenvalue weighted by Gasteiger charge is 2.49. The number of hydrogen-bond acceptors (Lipinski definition) is 6. The van der Waals surface area contributed by atoms with Crippen molar-refractivity contribution in [3.05, 3.63) is 29.8 Å². The van der Waals surface area contributed by atoms with E-state index in [0.717, 1.165) is 5.56 Å². The first-order chi connectivity index (χ1) is 12.0. The van der Waals surface area contributed by atoms with Crippen LogP contribution in [0.5, 0.6) is 0 Å². The van der Waals surface area contributed by atoms with Gasteiger partial charge in [0, 0.05) is 31.1 Å². The van der Waals surface area contributed by atoms with E-state index < -0.39 is 5.60 Å². The van der Waals surface area contributed by atoms with Crippen molar-refractivity contribution >= 4 is 12.0 Å². The molecule has 4 rings (SSSR count). The zero-order valence-corrected chi connectivity index (χ0v) is 14.0. The third-order valence-corrected chi connectivity index (χ3v) is 4.64. The highest BCUT2D eigenvalue weighted by molar-refractivity contribution is 5.95. The lowest BCUT2D eigenvalue weighted by Gasteiger charge is -2.21. The summed E-state index contributed by atoms with van der Waals surface area (Å²) in [5.41, 5.74) is 0.821. The van der Waals surface area contributed by atoms with Gasteiger partial charge in [0.05, 0.1) is 20.1 Å². The second-order valence-corrected chi connectivity index (χ2v) is 6.56. The van der Waals surface area contributed by atoms with Gasteiger partial charge in [0.25, 0.3) is 5.91 Å². The summed E-state index contributed by atoms with van der Waals surface area (Å²) < 4.78 is 5.48. The number of rotatable bonds is 2. The lowest BCUT2D eigenvalue weighted by Crippen LogP contribution is -2.39. The lowest BCUT2D eigenvalue weighted by molar-refractivity contribution is 0.0553. The molecule has 2 saturated heterocycles. The van der Waals surface area contributed by atoms with Crippen molar-refractivity contribution in [2.24, 2.45) is 7.05 Å². The maximum atomic E-state index is 12.7. The van der Waals surface area contributed by atoms with Crippen LogP contribution in [0, 0.1) is 0 Å². The summed E-state index contributed by atoms with van der Waals surface area (Å²) in [5.74, 6) is 0.448. The van der Waals surface area contributed by atoms with Crippen LogP contribution in [0.1, 0.15) is 16.8 Å². The number of aryl methyl sites for hydroxylation is 1. The number of carbonyl (C=O) groups is 2. The first kappa shape index (κ1) is 15.6. The van der Waals surface area contributed by atoms with E-state index in [2.05, 4.69) is 15.4 Å². The molecule has 0 aliphatic carbocycles. The van der Waals surface area contributed by atoms with E-state index in [1.54, 1.807) is 48.2 Å². The summed E-state index contributed by atoms with van der Waals surface area (Å²) >= 11 is 0. The third-order valence-electron chi connectivity index (χ3n) is 4.64. The van der Waals surface area contributed by atoms with Crippen molar-refractivity contribution in [2.75, 3.05) is 26.7 Å². The zero-order chi connectivity index (χ0) is 17.6. The van der Waals surface area contributed by atoms with E-state index in [9.17, 15) is 9.59 Å². The van der Waals surface area contributed by atoms with E-state index in [4.69, 9.17) is 4.74 Å². The van der Waals surface area contributed by atoms with E-state index in [1.807, 2.05) is 0 Å². The Balaban J connectivity index is 1.47. The molecule has 0 unspecified atom stereocenters. The smallest absolute Gasteiger partial charge is 0.410 e. The fraction of sp³-hybridized carbons (Fsp3) is 0.438. The van der Waals surface area contributed by atoms with Crippen molar-refractivity contribution < 1.29 is 14.3 Å². The number of benzene rings is 1. The van der Waals surface area contributed by atoms with E-state index in [1.165, 1.54) is 4.80 Å². The topological polar surface area (TPSA) is 93.5 Å². The van der Waals surface area contributed by atoms with Gasteiger partial charge in [0.15, 0.2) is 5.60 Å². The summed E-state index contributed by atoms with van der Waals surface area (Å²) in [6, 6.07) is 7.12. The highest BCUT2D eigenvalue weighted by Crippen LogP contribution is 2.32. The molecule has 2 amide bonds. The van der Waals surface area contributed by atoms with Gasteiger partial charge in [0.2, 0.25) is 5.82 Å². The molecule has 2 aliphatic rings. The first-order valence-electron chi connectivity index (χ1n) is 8.04. The summed E-state index contributed by atoms with van der Waals surface area (Å²) in [6.07, 6.45) is 0.339. The van der Waals surface area contributed by atoms with Gasteiger partial charge in [-0.05, 0) is 17.3 Å². The number of aromatic nitrogens is 4. The molecule has 2 fully saturated rings. The molecule has 3 heterocycles. The Bertz CT molecular complexity index is 833. The van der Waals surface area contributed by atoms with Crippen LogP contribution in [0.25, 0.3) is 11.4 Å². The van der Waals surface area contributed by atoms with Crippen molar-refractivity contribution in [1.29, 1.82) is 0 Å². The minimum absolute atomic E-state index is 0.0684. The second-order valence-electron chi connectivity index (χ2n) is 6.56. The molecule has 0 bridgehead atoms. The maximum Gasteiger partial charge on any atom is 0.410 e. The fourth-order valence-electron chi connectivity index (χ4n) is 3.37. The Labute approximate surface area is 144 Å². The zero-order valence-electron chi connectivity index (χ0n) is 14.0. The number of tetrazole rings is 1. The lowest BCUT2D eigenvalue weighted by atomic mass is 10.0. The van der Waals surface area contributed by atoms with Crippen LogP contribution in [-0.4, -0.2) is 74.3 Å². The number of likely N-dealkylation sites (N-methyl/N-ethyl adjacent to an activating group) is 1. The molecule has 1 aromatic heterocycles. The van der Waals surface area contributed by atoms with Crippen molar-refractivity contribution in [1.82, 2.24) is 30.0 Å². The number of nitrogens with zero attached hydrogens (tertiary/aromatic N) is 6. The van der Waals surface area contributed by atoms with Crippen molar-refractivity contribution in [3.63, 3.8) is 0 Å². The fourth-order valence-corrected chi connectivity index (χ4v) is 3.37. The normalized spacial score (nSPS) is 22.7. The van der Waals surface area contributed by atoms with Crippen LogP contribution in [-0.2, 0) is 11.8 Å². The standard InChI is InChI=1S/C16H18N6O3/c1-20-9-16(25-15(20)24)7-8-22(10-16)14(23)12-5-3-11(4-6-12)13-17-19-21(2)18-13/h3-6H,7-10H2,1-2H3/t16-/m0/s1. The van der Waals surface area contributed by atoms with E-state index >= 15 is 0 Å². The molecule has 1 atom stereocenters. The largest absolute Gasteiger partial charge is 0.439 e. The molecule has 130 valence electrons. The van der Waals surface area contributed by atoms with E-state index in [0.29, 0.717) is 37.4 Å². The molecule has 1 spiro atoms. The van der Waals surface area contributed by atoms with Crippen LogP contribution in [0.3, 0.4) is 0 Å². The predicted octanol–water partition coefficient (Wildman–Crippen LogP) is 0.544. The first-order valence-corrected chi connectivity index (χ1v) is 8.04. The van der Waals surface area contributed by atoms with Gasteiger partial charge in [-0.2, -0.15) is 4.80 Å². The summed E-state index contributed by atoms with van der Waals surface area (Å²) in [7, 11) is 3.41. The highest BCUT2D eigenvalue weighted by atomic mass is 16.6. The van der Waals surface area contributed by atoms with Crippen LogP contribution in [0.2, 0.25) is 0 Å². The number of amides is 2. The Morgan fingerprint density at radius 3 is 2.56 bits per heavy atom. The van der Waals surface area contributed by atoms with Crippen LogP contribution in [0.4, 0.5) is 4.79 Å². The molecular weight excluding hydrogens is 324 g/mol. The van der Waals surface area contributed by atoms with Gasteiger partial charge in [-0.15, -0.1) is 10.2 Å². The molecule has 25 heavy (non-hydrogen) atoms. The van der Waals surface area contributed by atoms with Gasteiger partial charge < -0.3 is 14.5 Å². The molecule has 9 nitrogen and oxygen atoms in total. The number of carbonyl (C=O) groups excluding carboxylic acids is 2. The predicted molar refractivity (Wildman–Crippen MR) is 86.6 cm³/mol. The van der Waals surface area contributed by atoms with Crippen LogP contribution >= 0.6 is 0 Å². The Morgan fingerprint density at radius 2 is 1.96 bits per heavy atom. The summed E-state index contributed by atoms with van der Waals surface area (Å²) in [6.45, 7) is 1.52. The molecule has 2 aliphatic heterocycles. The summed E-state index contributed by atoms with van der Waals surface area (Å²) in [5, 5.41) is 11.9.